The predicted octanol–water partition coefficient (Wildman–Crippen LogP) is 6.00. The van der Waals surface area contributed by atoms with Gasteiger partial charge in [0.2, 0.25) is 11.8 Å². The minimum absolute atomic E-state index is 0.192. The van der Waals surface area contributed by atoms with Gasteiger partial charge in [-0.05, 0) is 64.2 Å². The number of aromatic amines is 1. The largest absolute Gasteiger partial charge is 0.598 e. The standard InChI is InChI=1S/C24H33F5N4O2S/c1-14(30-19(34)9-12-24(27,28)29)16-5-6-17-18(13-16)32-21(31-17)20(33-36(35)22(2,3)4)15-7-10-23(25,26)11-8-15/h5-6,13-15,20,33H,7-12H2,1-4H3,(H,30,34)(H,31,32)/t14-,20-,36?/m0/s1. The molecule has 6 nitrogen and oxygen atoms in total. The fourth-order valence-corrected chi connectivity index (χ4v) is 5.07. The maximum Gasteiger partial charge on any atom is 0.389 e. The van der Waals surface area contributed by atoms with Crippen molar-refractivity contribution in [3.8, 4) is 0 Å². The van der Waals surface area contributed by atoms with Crippen molar-refractivity contribution < 1.29 is 31.3 Å². The predicted molar refractivity (Wildman–Crippen MR) is 129 cm³/mol. The van der Waals surface area contributed by atoms with Crippen molar-refractivity contribution >= 4 is 28.3 Å². The summed E-state index contributed by atoms with van der Waals surface area (Å²) >= 11 is -1.46. The lowest BCUT2D eigenvalue weighted by Crippen LogP contribution is -2.44. The second-order valence-corrected chi connectivity index (χ2v) is 12.5. The summed E-state index contributed by atoms with van der Waals surface area (Å²) in [5.74, 6) is -3.11. The van der Waals surface area contributed by atoms with Crippen LogP contribution < -0.4 is 10.0 Å². The first kappa shape index (κ1) is 28.6. The van der Waals surface area contributed by atoms with Gasteiger partial charge in [-0.15, -0.1) is 4.72 Å². The number of fused-ring (bicyclic) bond motifs is 1. The number of alkyl halides is 5. The van der Waals surface area contributed by atoms with Crippen molar-refractivity contribution in [2.75, 3.05) is 0 Å². The van der Waals surface area contributed by atoms with E-state index >= 15 is 0 Å². The van der Waals surface area contributed by atoms with Crippen LogP contribution in [0.15, 0.2) is 18.2 Å². The van der Waals surface area contributed by atoms with E-state index in [2.05, 4.69) is 20.0 Å². The molecular weight excluding hydrogens is 503 g/mol. The highest BCUT2D eigenvalue weighted by Gasteiger charge is 2.41. The zero-order valence-electron chi connectivity index (χ0n) is 20.8. The van der Waals surface area contributed by atoms with Gasteiger partial charge in [0, 0.05) is 30.6 Å². The summed E-state index contributed by atoms with van der Waals surface area (Å²) in [6.07, 6.45) is -6.21. The second kappa shape index (κ2) is 10.8. The monoisotopic (exact) mass is 536 g/mol. The molecule has 0 aliphatic heterocycles. The number of H-pyrrole nitrogens is 1. The summed E-state index contributed by atoms with van der Waals surface area (Å²) in [5.41, 5.74) is 1.88. The third-order valence-corrected chi connectivity index (χ3v) is 7.94. The molecule has 2 aromatic rings. The van der Waals surface area contributed by atoms with E-state index < -0.39 is 59.0 Å². The molecule has 12 heteroatoms. The van der Waals surface area contributed by atoms with E-state index in [1.807, 2.05) is 20.8 Å². The van der Waals surface area contributed by atoms with Gasteiger partial charge in [0.1, 0.15) is 16.6 Å². The number of carbonyl (C=O) groups is 1. The van der Waals surface area contributed by atoms with Gasteiger partial charge in [-0.25, -0.2) is 13.8 Å². The van der Waals surface area contributed by atoms with E-state index in [4.69, 9.17) is 0 Å². The fraction of sp³-hybridized carbons (Fsp3) is 0.667. The molecule has 0 bridgehead atoms. The van der Waals surface area contributed by atoms with E-state index in [0.717, 1.165) is 0 Å². The Morgan fingerprint density at radius 3 is 2.47 bits per heavy atom. The Kier molecular flexibility index (Phi) is 8.61. The van der Waals surface area contributed by atoms with Crippen LogP contribution in [0.5, 0.6) is 0 Å². The molecule has 3 N–H and O–H groups in total. The Labute approximate surface area is 210 Å². The molecule has 1 aliphatic carbocycles. The van der Waals surface area contributed by atoms with Crippen LogP contribution in [-0.2, 0) is 16.2 Å². The number of benzene rings is 1. The molecule has 1 aromatic carbocycles. The minimum Gasteiger partial charge on any atom is -0.598 e. The molecule has 36 heavy (non-hydrogen) atoms. The van der Waals surface area contributed by atoms with Gasteiger partial charge in [-0.3, -0.25) is 4.79 Å². The zero-order chi connectivity index (χ0) is 26.9. The molecule has 1 aromatic heterocycles. The third-order valence-electron chi connectivity index (χ3n) is 6.36. The van der Waals surface area contributed by atoms with E-state index in [0.29, 0.717) is 22.4 Å². The van der Waals surface area contributed by atoms with Gasteiger partial charge in [-0.1, -0.05) is 6.07 Å². The summed E-state index contributed by atoms with van der Waals surface area (Å²) in [4.78, 5) is 19.7. The first-order valence-electron chi connectivity index (χ1n) is 12.0. The van der Waals surface area contributed by atoms with Crippen LogP contribution in [0.1, 0.15) is 89.7 Å². The summed E-state index contributed by atoms with van der Waals surface area (Å²) in [6, 6.07) is 4.11. The number of aromatic nitrogens is 2. The molecule has 1 fully saturated rings. The molecule has 202 valence electrons. The van der Waals surface area contributed by atoms with Crippen molar-refractivity contribution in [2.45, 2.75) is 95.1 Å². The summed E-state index contributed by atoms with van der Waals surface area (Å²) in [7, 11) is 0. The highest BCUT2D eigenvalue weighted by molar-refractivity contribution is 7.90. The maximum absolute atomic E-state index is 13.8. The van der Waals surface area contributed by atoms with Crippen LogP contribution >= 0.6 is 0 Å². The molecule has 0 radical (unpaired) electrons. The Morgan fingerprint density at radius 2 is 1.89 bits per heavy atom. The number of amides is 1. The average molecular weight is 537 g/mol. The van der Waals surface area contributed by atoms with Crippen molar-refractivity contribution in [3.05, 3.63) is 29.6 Å². The van der Waals surface area contributed by atoms with E-state index in [1.54, 1.807) is 25.1 Å². The topological polar surface area (TPSA) is 92.9 Å². The zero-order valence-corrected chi connectivity index (χ0v) is 21.6. The Balaban J connectivity index is 1.80. The number of halogens is 5. The number of hydrogen-bond acceptors (Lipinski definition) is 4. The molecule has 3 rings (SSSR count). The lowest BCUT2D eigenvalue weighted by molar-refractivity contribution is -0.144. The number of imidazole rings is 1. The first-order valence-corrected chi connectivity index (χ1v) is 13.1. The molecule has 0 spiro atoms. The van der Waals surface area contributed by atoms with Crippen LogP contribution in [-0.4, -0.2) is 37.3 Å². The molecular formula is C24H33F5N4O2S. The second-order valence-electron chi connectivity index (χ2n) is 10.5. The van der Waals surface area contributed by atoms with E-state index in [9.17, 15) is 31.3 Å². The molecule has 1 amide bonds. The van der Waals surface area contributed by atoms with Crippen molar-refractivity contribution in [2.24, 2.45) is 5.92 Å². The SMILES string of the molecule is C[C@H](NC(=O)CCC(F)(F)F)c1ccc2nc([C@@H](N[S+]([O-])C(C)(C)C)C3CCC(F)(F)CC3)[nH]c2c1. The van der Waals surface area contributed by atoms with E-state index in [-0.39, 0.29) is 31.6 Å². The van der Waals surface area contributed by atoms with Gasteiger partial charge in [0.05, 0.1) is 23.5 Å². The number of rotatable bonds is 8. The van der Waals surface area contributed by atoms with Crippen LogP contribution in [0, 0.1) is 5.92 Å². The van der Waals surface area contributed by atoms with Crippen molar-refractivity contribution in [3.63, 3.8) is 0 Å². The Morgan fingerprint density at radius 1 is 1.25 bits per heavy atom. The van der Waals surface area contributed by atoms with Crippen LogP contribution in [0.3, 0.4) is 0 Å². The van der Waals surface area contributed by atoms with Crippen LogP contribution in [0.4, 0.5) is 22.0 Å². The van der Waals surface area contributed by atoms with Gasteiger partial charge in [-0.2, -0.15) is 13.2 Å². The lowest BCUT2D eigenvalue weighted by atomic mass is 9.82. The maximum atomic E-state index is 13.8. The summed E-state index contributed by atoms with van der Waals surface area (Å²) in [6.45, 7) is 7.12. The van der Waals surface area contributed by atoms with Crippen molar-refractivity contribution in [1.29, 1.82) is 0 Å². The number of hydrogen-bond donors (Lipinski definition) is 3. The molecule has 1 aliphatic rings. The Bertz CT molecular complexity index is 1040. The number of nitrogens with one attached hydrogen (secondary N) is 3. The quantitative estimate of drug-likeness (QED) is 0.285. The molecule has 1 unspecified atom stereocenters. The number of nitrogens with zero attached hydrogens (tertiary/aromatic N) is 1. The Hall–Kier alpha value is -1.92. The third kappa shape index (κ3) is 7.79. The highest BCUT2D eigenvalue weighted by Crippen LogP contribution is 2.42. The molecule has 3 atom stereocenters. The normalized spacial score (nSPS) is 19.7. The molecule has 0 saturated heterocycles. The summed E-state index contributed by atoms with van der Waals surface area (Å²) in [5, 5.41) is 2.57. The number of carbonyl (C=O) groups excluding carboxylic acids is 1. The highest BCUT2D eigenvalue weighted by atomic mass is 32.2. The lowest BCUT2D eigenvalue weighted by Gasteiger charge is -2.35. The van der Waals surface area contributed by atoms with Crippen LogP contribution in [0.25, 0.3) is 11.0 Å². The molecule has 1 saturated carbocycles. The summed E-state index contributed by atoms with van der Waals surface area (Å²) < 4.78 is 80.2. The van der Waals surface area contributed by atoms with E-state index in [1.165, 1.54) is 0 Å². The van der Waals surface area contributed by atoms with Gasteiger partial charge in [0.15, 0.2) is 0 Å². The van der Waals surface area contributed by atoms with Gasteiger partial charge >= 0.3 is 6.18 Å². The molecule has 1 heterocycles. The first-order chi connectivity index (χ1) is 16.5. The average Bonchev–Trinajstić information content (AvgIpc) is 3.18. The van der Waals surface area contributed by atoms with Crippen LogP contribution in [0.2, 0.25) is 0 Å². The van der Waals surface area contributed by atoms with Gasteiger partial charge in [0.25, 0.3) is 0 Å². The minimum atomic E-state index is -4.40. The smallest absolute Gasteiger partial charge is 0.389 e. The van der Waals surface area contributed by atoms with Gasteiger partial charge < -0.3 is 14.9 Å². The fourth-order valence-electron chi connectivity index (χ4n) is 4.18. The van der Waals surface area contributed by atoms with Crippen molar-refractivity contribution in [1.82, 2.24) is 20.0 Å².